The maximum absolute atomic E-state index is 16.0. The van der Waals surface area contributed by atoms with Crippen molar-refractivity contribution in [3.05, 3.63) is 96.6 Å². The highest BCUT2D eigenvalue weighted by Crippen LogP contribution is 2.53. The van der Waals surface area contributed by atoms with Gasteiger partial charge in [-0.25, -0.2) is 4.57 Å². The maximum Gasteiger partial charge on any atom is 0.588 e. The largest absolute Gasteiger partial charge is 0.588 e. The monoisotopic (exact) mass is 1880 g/mol. The first-order chi connectivity index (χ1) is 65.1. The molecule has 3 N–H and O–H groups in total. The van der Waals surface area contributed by atoms with E-state index in [2.05, 4.69) is 52.2 Å². The topological polar surface area (TPSA) is 256 Å². The summed E-state index contributed by atoms with van der Waals surface area (Å²) in [5.41, 5.74) is 0.870. The summed E-state index contributed by atoms with van der Waals surface area (Å²) < 4.78 is 81.5. The average Bonchev–Trinajstić information content (AvgIpc) is 0.770. The lowest BCUT2D eigenvalue weighted by molar-refractivity contribution is -0.272. The number of ether oxygens (including phenoxy) is 7. The van der Waals surface area contributed by atoms with Gasteiger partial charge in [0.1, 0.15) is 48.1 Å². The Balaban J connectivity index is 1.87. The number of aliphatic hydroxyl groups excluding tert-OH is 1. The van der Waals surface area contributed by atoms with Crippen molar-refractivity contribution in [2.45, 2.75) is 546 Å². The highest BCUT2D eigenvalue weighted by Gasteiger charge is 2.54. The van der Waals surface area contributed by atoms with Crippen LogP contribution in [0, 0.1) is 0 Å². The third-order valence-corrected chi connectivity index (χ3v) is 27.2. The summed E-state index contributed by atoms with van der Waals surface area (Å²) in [6, 6.07) is 23.6. The number of amides is 2. The van der Waals surface area contributed by atoms with E-state index in [0.29, 0.717) is 51.4 Å². The number of benzene rings is 3. The minimum atomic E-state index is -5.04. The average molecular weight is 1880 g/mol. The number of carbonyl (C=O) groups is 6. The summed E-state index contributed by atoms with van der Waals surface area (Å²) >= 11 is 0. The van der Waals surface area contributed by atoms with Crippen LogP contribution in [0.2, 0.25) is 0 Å². The molecule has 0 spiro atoms. The second kappa shape index (κ2) is 83.1. The Labute approximate surface area is 808 Å². The molecule has 0 aliphatic carbocycles. The smallest absolute Gasteiger partial charge is 0.462 e. The molecule has 21 heteroatoms. The van der Waals surface area contributed by atoms with Crippen LogP contribution in [0.1, 0.15) is 490 Å². The van der Waals surface area contributed by atoms with E-state index in [4.69, 9.17) is 46.7 Å². The van der Waals surface area contributed by atoms with Gasteiger partial charge in [0.15, 0.2) is 12.4 Å². The summed E-state index contributed by atoms with van der Waals surface area (Å²) in [5, 5.41) is 18.2. The SMILES string of the molecule is CCCCCCCCCCCCCC(=O)O[C@H](CCCCCCCCCCC)CC(=O)N[C@@H](COCc1ccccc1)CO[C@@H]1O[C@H](CO)[C@@H](OP(=O)(Oc2ccccc2)Oc2ccccc2)[C@H](OC(=O)C[C@@H](CCCCCCCCCCC)OC(=O)CCCCCCCCCCCCC)[C@H]1NC(=O)C[C@@H](CCCCCCCCCCC)OC(=O)CCCCCCCCCCCCC. The molecule has 9 atom stereocenters. The van der Waals surface area contributed by atoms with Gasteiger partial charge in [-0.05, 0) is 87.6 Å². The number of carbonyl (C=O) groups excluding carboxylic acids is 6. The van der Waals surface area contributed by atoms with Crippen LogP contribution in [0.3, 0.4) is 0 Å². The zero-order chi connectivity index (χ0) is 95.6. The summed E-state index contributed by atoms with van der Waals surface area (Å²) in [6.45, 7) is 12.2. The highest BCUT2D eigenvalue weighted by atomic mass is 31.2. The Morgan fingerprint density at radius 1 is 0.353 bits per heavy atom. The zero-order valence-corrected chi connectivity index (χ0v) is 85.7. The van der Waals surface area contributed by atoms with Gasteiger partial charge in [-0.1, -0.05) is 455 Å². The van der Waals surface area contributed by atoms with Gasteiger partial charge in [0.05, 0.1) is 51.7 Å². The normalized spacial score (nSPS) is 15.9. The van der Waals surface area contributed by atoms with Gasteiger partial charge in [-0.15, -0.1) is 0 Å². The molecule has 762 valence electrons. The molecule has 0 saturated carbocycles. The number of nitrogens with one attached hydrogen (secondary N) is 2. The molecule has 1 heterocycles. The van der Waals surface area contributed by atoms with E-state index in [0.717, 1.165) is 166 Å². The predicted octanol–water partition coefficient (Wildman–Crippen LogP) is 30.2. The molecule has 1 aliphatic rings. The van der Waals surface area contributed by atoms with Gasteiger partial charge in [-0.2, -0.15) is 0 Å². The molecule has 1 fully saturated rings. The first-order valence-corrected chi connectivity index (χ1v) is 56.2. The van der Waals surface area contributed by atoms with E-state index in [1.165, 1.54) is 193 Å². The molecule has 133 heavy (non-hydrogen) atoms. The first-order valence-electron chi connectivity index (χ1n) is 54.8. The van der Waals surface area contributed by atoms with E-state index >= 15 is 18.9 Å². The van der Waals surface area contributed by atoms with Crippen LogP contribution in [0.25, 0.3) is 0 Å². The fraction of sp³-hybridized carbons (Fsp3) is 0.786. The predicted molar refractivity (Wildman–Crippen MR) is 540 cm³/mol. The van der Waals surface area contributed by atoms with Crippen LogP contribution in [0.15, 0.2) is 91.0 Å². The molecule has 0 bridgehead atoms. The molecule has 0 radical (unpaired) electrons. The molecule has 2 amide bonds. The molecule has 1 aliphatic heterocycles. The molecular formula is C112H191N2O18P. The van der Waals surface area contributed by atoms with Crippen molar-refractivity contribution in [1.29, 1.82) is 0 Å². The third kappa shape index (κ3) is 64.1. The molecule has 0 unspecified atom stereocenters. The summed E-state index contributed by atoms with van der Waals surface area (Å²) in [6.07, 6.45) is 57.2. The van der Waals surface area contributed by atoms with Crippen molar-refractivity contribution >= 4 is 43.5 Å². The van der Waals surface area contributed by atoms with Gasteiger partial charge in [0.25, 0.3) is 0 Å². The van der Waals surface area contributed by atoms with Crippen LogP contribution in [-0.2, 0) is 77.6 Å². The quantitative estimate of drug-likeness (QED) is 0.0205. The number of phosphoric acid groups is 1. The maximum atomic E-state index is 16.0. The lowest BCUT2D eigenvalue weighted by atomic mass is 9.95. The fourth-order valence-electron chi connectivity index (χ4n) is 17.8. The van der Waals surface area contributed by atoms with E-state index in [1.54, 1.807) is 60.7 Å². The van der Waals surface area contributed by atoms with Crippen molar-refractivity contribution in [3.8, 4) is 11.5 Å². The van der Waals surface area contributed by atoms with E-state index < -0.39 is 106 Å². The van der Waals surface area contributed by atoms with Crippen molar-refractivity contribution < 1.29 is 85.2 Å². The number of aliphatic hydroxyl groups is 1. The Kier molecular flexibility index (Phi) is 74.6. The molecule has 3 aromatic carbocycles. The number of para-hydroxylation sites is 2. The van der Waals surface area contributed by atoms with Crippen LogP contribution in [0.4, 0.5) is 0 Å². The number of hydrogen-bond donors (Lipinski definition) is 3. The standard InChI is InChI=1S/C112H191N2O18P/c1-7-13-19-25-31-37-40-46-52-58-73-85-105(118)125-99(82-66-55-49-43-34-28-22-16-10-4)88-103(116)113-96(93-123-92-95-76-64-61-65-77-95)94-124-112-109(114-104(117)89-100(83-67-56-50-44-35-29-23-17-11-5)126-106(119)86-74-59-53-47-41-38-32-26-20-14-8-2)111(110(102(91-115)128-112)132-133(122,130-97-78-69-62-70-79-97)131-98-80-71-63-72-81-98)129-108(121)90-101(84-68-57-51-45-36-30-24-18-12-6)127-107(120)87-75-60-54-48-42-39-33-27-21-15-9-3/h61-65,69-72,76-81,96,99-102,109-112,115H,7-60,66-68,73-75,82-94H2,1-6H3,(H,113,116)(H,114,117)/t96-,99+,100+,101+,102+,109+,110+,111+,112+/m0/s1. The Morgan fingerprint density at radius 3 is 0.985 bits per heavy atom. The Morgan fingerprint density at radius 2 is 0.654 bits per heavy atom. The van der Waals surface area contributed by atoms with Gasteiger partial charge < -0.3 is 57.9 Å². The molecular weight excluding hydrogens is 1690 g/mol. The molecule has 3 aromatic rings. The van der Waals surface area contributed by atoms with Crippen LogP contribution in [0.5, 0.6) is 11.5 Å². The number of esters is 4. The molecule has 20 nitrogen and oxygen atoms in total. The lowest BCUT2D eigenvalue weighted by Gasteiger charge is -2.45. The van der Waals surface area contributed by atoms with Gasteiger partial charge >= 0.3 is 31.7 Å². The second-order valence-electron chi connectivity index (χ2n) is 38.4. The highest BCUT2D eigenvalue weighted by molar-refractivity contribution is 7.49. The van der Waals surface area contributed by atoms with E-state index in [1.807, 2.05) is 30.3 Å². The van der Waals surface area contributed by atoms with Gasteiger partial charge in [0.2, 0.25) is 11.8 Å². The zero-order valence-electron chi connectivity index (χ0n) is 84.8. The Hall–Kier alpha value is -5.89. The number of rotatable bonds is 92. The first kappa shape index (κ1) is 119. The minimum Gasteiger partial charge on any atom is -0.462 e. The second-order valence-corrected chi connectivity index (χ2v) is 39.8. The van der Waals surface area contributed by atoms with Crippen molar-refractivity contribution in [3.63, 3.8) is 0 Å². The van der Waals surface area contributed by atoms with Crippen LogP contribution >= 0.6 is 7.82 Å². The van der Waals surface area contributed by atoms with E-state index in [-0.39, 0.29) is 69.4 Å². The van der Waals surface area contributed by atoms with Crippen molar-refractivity contribution in [2.24, 2.45) is 0 Å². The minimum absolute atomic E-state index is 0.0826. The number of phosphoric ester groups is 1. The van der Waals surface area contributed by atoms with Crippen molar-refractivity contribution in [1.82, 2.24) is 10.6 Å². The number of unbranched alkanes of at least 4 members (excludes halogenated alkanes) is 54. The van der Waals surface area contributed by atoms with Gasteiger partial charge in [0, 0.05) is 19.3 Å². The molecule has 0 aromatic heterocycles. The summed E-state index contributed by atoms with van der Waals surface area (Å²) in [5.74, 6) is -2.95. The third-order valence-electron chi connectivity index (χ3n) is 25.8. The van der Waals surface area contributed by atoms with Crippen LogP contribution < -0.4 is 19.7 Å². The van der Waals surface area contributed by atoms with E-state index in [9.17, 15) is 19.5 Å². The summed E-state index contributed by atoms with van der Waals surface area (Å²) in [7, 11) is -5.04. The Bertz CT molecular complexity index is 3260. The lowest BCUT2D eigenvalue weighted by Crippen LogP contribution is -2.66. The van der Waals surface area contributed by atoms with Crippen LogP contribution in [-0.4, -0.2) is 116 Å². The van der Waals surface area contributed by atoms with Crippen molar-refractivity contribution in [2.75, 3.05) is 19.8 Å². The number of hydrogen-bond acceptors (Lipinski definition) is 18. The van der Waals surface area contributed by atoms with Gasteiger partial charge in [-0.3, -0.25) is 33.3 Å². The molecule has 4 rings (SSSR count). The fourth-order valence-corrected chi connectivity index (χ4v) is 19.2. The molecule has 1 saturated heterocycles. The summed E-state index contributed by atoms with van der Waals surface area (Å²) in [4.78, 5) is 88.8.